The van der Waals surface area contributed by atoms with Gasteiger partial charge in [0.25, 0.3) is 17.0 Å². The fourth-order valence-corrected chi connectivity index (χ4v) is 2.93. The molecule has 8 nitrogen and oxygen atoms in total. The first-order chi connectivity index (χ1) is 15.3. The van der Waals surface area contributed by atoms with E-state index in [-0.39, 0.29) is 22.0 Å². The van der Waals surface area contributed by atoms with E-state index in [0.29, 0.717) is 17.8 Å². The third kappa shape index (κ3) is 5.35. The molecule has 172 valence electrons. The Bertz CT molecular complexity index is 1370. The number of aromatic nitrogens is 4. The molecule has 0 aliphatic rings. The third-order valence-corrected chi connectivity index (χ3v) is 4.37. The minimum absolute atomic E-state index is 0.0349. The summed E-state index contributed by atoms with van der Waals surface area (Å²) in [5.41, 5.74) is -5.38. The molecule has 0 amide bonds. The predicted molar refractivity (Wildman–Crippen MR) is 103 cm³/mol. The predicted octanol–water partition coefficient (Wildman–Crippen LogP) is 3.82. The van der Waals surface area contributed by atoms with Crippen LogP contribution in [0.5, 0.6) is 11.5 Å². The molecular formula is C19H11ClF5N5O3. The van der Waals surface area contributed by atoms with Gasteiger partial charge in [-0.2, -0.15) is 23.5 Å². The summed E-state index contributed by atoms with van der Waals surface area (Å²) in [4.78, 5) is 27.6. The van der Waals surface area contributed by atoms with E-state index in [0.717, 1.165) is 18.2 Å². The lowest BCUT2D eigenvalue weighted by Crippen LogP contribution is -2.28. The summed E-state index contributed by atoms with van der Waals surface area (Å²) in [5, 5.41) is 14.3. The Hall–Kier alpha value is -3.79. The van der Waals surface area contributed by atoms with Crippen molar-refractivity contribution < 1.29 is 26.7 Å². The highest BCUT2D eigenvalue weighted by Crippen LogP contribution is 2.35. The van der Waals surface area contributed by atoms with Crippen LogP contribution < -0.4 is 15.9 Å². The number of aromatic amines is 1. The van der Waals surface area contributed by atoms with E-state index in [1.165, 1.54) is 6.07 Å². The van der Waals surface area contributed by atoms with Crippen molar-refractivity contribution in [3.8, 4) is 17.6 Å². The Kier molecular flexibility index (Phi) is 6.24. The zero-order valence-corrected chi connectivity index (χ0v) is 17.1. The summed E-state index contributed by atoms with van der Waals surface area (Å²) in [6.45, 7) is -0.140. The third-order valence-electron chi connectivity index (χ3n) is 4.15. The monoisotopic (exact) mass is 487 g/mol. The quantitative estimate of drug-likeness (QED) is 0.547. The van der Waals surface area contributed by atoms with Gasteiger partial charge in [-0.1, -0.05) is 11.6 Å². The summed E-state index contributed by atoms with van der Waals surface area (Å²) in [7, 11) is 0. The van der Waals surface area contributed by atoms with E-state index in [4.69, 9.17) is 21.6 Å². The van der Waals surface area contributed by atoms with Crippen molar-refractivity contribution in [2.24, 2.45) is 0 Å². The highest BCUT2D eigenvalue weighted by Gasteiger charge is 2.39. The Balaban J connectivity index is 2.10. The van der Waals surface area contributed by atoms with E-state index in [1.54, 1.807) is 6.07 Å². The van der Waals surface area contributed by atoms with Crippen LogP contribution in [0.3, 0.4) is 0 Å². The zero-order valence-electron chi connectivity index (χ0n) is 16.4. The van der Waals surface area contributed by atoms with Crippen LogP contribution in [-0.2, 0) is 18.6 Å². The number of nitriles is 1. The number of hydrogen-bond donors (Lipinski definition) is 1. The molecule has 1 aromatic carbocycles. The molecule has 0 aliphatic carbocycles. The van der Waals surface area contributed by atoms with Gasteiger partial charge < -0.3 is 4.74 Å². The molecule has 2 heterocycles. The van der Waals surface area contributed by atoms with Gasteiger partial charge in [-0.25, -0.2) is 18.9 Å². The smallest absolute Gasteiger partial charge is 0.437 e. The van der Waals surface area contributed by atoms with E-state index >= 15 is 0 Å². The summed E-state index contributed by atoms with van der Waals surface area (Å²) < 4.78 is 73.2. The first kappa shape index (κ1) is 23.9. The molecule has 0 radical (unpaired) electrons. The van der Waals surface area contributed by atoms with Gasteiger partial charge in [0.1, 0.15) is 5.75 Å². The van der Waals surface area contributed by atoms with Gasteiger partial charge in [0.05, 0.1) is 35.8 Å². The highest BCUT2D eigenvalue weighted by molar-refractivity contribution is 6.30. The fraction of sp³-hybridized carbons (Fsp3) is 0.211. The van der Waals surface area contributed by atoms with E-state index in [1.807, 2.05) is 5.10 Å². The van der Waals surface area contributed by atoms with Crippen molar-refractivity contribution in [1.82, 2.24) is 19.7 Å². The molecule has 14 heteroatoms. The van der Waals surface area contributed by atoms with Crippen LogP contribution in [0.2, 0.25) is 5.02 Å². The van der Waals surface area contributed by atoms with Gasteiger partial charge >= 0.3 is 6.18 Å². The van der Waals surface area contributed by atoms with Gasteiger partial charge in [0.2, 0.25) is 5.75 Å². The summed E-state index contributed by atoms with van der Waals surface area (Å²) in [6, 6.07) is 5.82. The Morgan fingerprint density at radius 3 is 2.48 bits per heavy atom. The second-order valence-electron chi connectivity index (χ2n) is 6.73. The molecule has 0 unspecified atom stereocenters. The SMILES string of the molecule is CC(F)(F)c1cc(Cn2cnc(C(F)(F)F)c(Oc3cc(Cl)cc(C#N)c3)c2=O)n[nH]c1=O. The van der Waals surface area contributed by atoms with Gasteiger partial charge in [0, 0.05) is 11.9 Å². The second-order valence-corrected chi connectivity index (χ2v) is 7.17. The van der Waals surface area contributed by atoms with Crippen molar-refractivity contribution in [1.29, 1.82) is 5.26 Å². The molecule has 0 fully saturated rings. The number of hydrogen-bond acceptors (Lipinski definition) is 6. The number of halogens is 6. The average Bonchev–Trinajstić information content (AvgIpc) is 2.70. The van der Waals surface area contributed by atoms with Crippen molar-refractivity contribution in [3.05, 3.63) is 78.8 Å². The molecular weight excluding hydrogens is 477 g/mol. The number of benzene rings is 1. The minimum atomic E-state index is -5.09. The molecule has 0 atom stereocenters. The maximum absolute atomic E-state index is 13.6. The highest BCUT2D eigenvalue weighted by atomic mass is 35.5. The van der Waals surface area contributed by atoms with Crippen LogP contribution in [0.4, 0.5) is 22.0 Å². The van der Waals surface area contributed by atoms with E-state index < -0.39 is 46.8 Å². The maximum atomic E-state index is 13.6. The molecule has 0 saturated heterocycles. The van der Waals surface area contributed by atoms with Crippen molar-refractivity contribution in [3.63, 3.8) is 0 Å². The normalized spacial score (nSPS) is 11.8. The standard InChI is InChI=1S/C19H11ClF5N5O3/c1-18(21,22)13-5-11(28-29-16(13)31)7-30-8-27-15(19(23,24)25)14(17(30)32)33-12-3-9(6-26)2-10(20)4-12/h2-5,8H,7H2,1H3,(H,29,31). The lowest BCUT2D eigenvalue weighted by molar-refractivity contribution is -0.142. The Labute approximate surface area is 185 Å². The van der Waals surface area contributed by atoms with Crippen LogP contribution in [0, 0.1) is 11.3 Å². The lowest BCUT2D eigenvalue weighted by atomic mass is 10.1. The number of nitrogens with one attached hydrogen (secondary N) is 1. The Morgan fingerprint density at radius 2 is 1.88 bits per heavy atom. The molecule has 1 N–H and O–H groups in total. The van der Waals surface area contributed by atoms with Gasteiger partial charge in [0.15, 0.2) is 5.69 Å². The average molecular weight is 488 g/mol. The molecule has 0 aliphatic heterocycles. The van der Waals surface area contributed by atoms with E-state index in [2.05, 4.69) is 10.1 Å². The minimum Gasteiger partial charge on any atom is -0.449 e. The maximum Gasteiger partial charge on any atom is 0.437 e. The second kappa shape index (κ2) is 8.62. The number of nitrogens with zero attached hydrogens (tertiary/aromatic N) is 4. The zero-order chi connectivity index (χ0) is 24.6. The molecule has 0 saturated carbocycles. The van der Waals surface area contributed by atoms with Crippen molar-refractivity contribution in [2.75, 3.05) is 0 Å². The molecule has 3 aromatic rings. The van der Waals surface area contributed by atoms with Gasteiger partial charge in [-0.15, -0.1) is 0 Å². The molecule has 0 spiro atoms. The van der Waals surface area contributed by atoms with Gasteiger partial charge in [-0.3, -0.25) is 14.2 Å². The molecule has 2 aromatic heterocycles. The fourth-order valence-electron chi connectivity index (χ4n) is 2.71. The van der Waals surface area contributed by atoms with Crippen molar-refractivity contribution >= 4 is 11.6 Å². The lowest BCUT2D eigenvalue weighted by Gasteiger charge is -2.15. The molecule has 3 rings (SSSR count). The van der Waals surface area contributed by atoms with Crippen LogP contribution >= 0.6 is 11.6 Å². The van der Waals surface area contributed by atoms with Crippen LogP contribution in [0.1, 0.15) is 29.4 Å². The number of ether oxygens (including phenoxy) is 1. The number of rotatable bonds is 5. The first-order valence-corrected chi connectivity index (χ1v) is 9.19. The van der Waals surface area contributed by atoms with E-state index in [9.17, 15) is 31.5 Å². The van der Waals surface area contributed by atoms with Crippen LogP contribution in [0.25, 0.3) is 0 Å². The first-order valence-electron chi connectivity index (χ1n) is 8.81. The number of alkyl halides is 5. The summed E-state index contributed by atoms with van der Waals surface area (Å²) >= 11 is 5.82. The number of H-pyrrole nitrogens is 1. The molecule has 33 heavy (non-hydrogen) atoms. The van der Waals surface area contributed by atoms with Gasteiger partial charge in [-0.05, 0) is 24.3 Å². The topological polar surface area (TPSA) is 114 Å². The molecule has 0 bridgehead atoms. The Morgan fingerprint density at radius 1 is 1.18 bits per heavy atom. The summed E-state index contributed by atoms with van der Waals surface area (Å²) in [6.07, 6.45) is -4.55. The summed E-state index contributed by atoms with van der Waals surface area (Å²) in [5.74, 6) is -5.11. The largest absolute Gasteiger partial charge is 0.449 e. The van der Waals surface area contributed by atoms with Crippen molar-refractivity contribution in [2.45, 2.75) is 25.6 Å². The van der Waals surface area contributed by atoms with Crippen LogP contribution in [-0.4, -0.2) is 19.7 Å². The van der Waals surface area contributed by atoms with Crippen LogP contribution in [0.15, 0.2) is 40.2 Å².